The summed E-state index contributed by atoms with van der Waals surface area (Å²) >= 11 is 0. The Morgan fingerprint density at radius 3 is 2.14 bits per heavy atom. The molecule has 0 radical (unpaired) electrons. The maximum atomic E-state index is 11.0. The molecule has 0 N–H and O–H groups in total. The Kier molecular flexibility index (Phi) is 3.11. The van der Waals surface area contributed by atoms with Gasteiger partial charge >= 0.3 is 0 Å². The molecule has 0 aromatic heterocycles. The van der Waals surface area contributed by atoms with E-state index in [9.17, 15) is 8.42 Å². The van der Waals surface area contributed by atoms with E-state index in [0.29, 0.717) is 0 Å². The van der Waals surface area contributed by atoms with Crippen LogP contribution in [0.15, 0.2) is 29.7 Å². The molecule has 0 aliphatic carbocycles. The van der Waals surface area contributed by atoms with Crippen LogP contribution in [0.25, 0.3) is 5.57 Å². The van der Waals surface area contributed by atoms with Gasteiger partial charge < -0.3 is 0 Å². The molecule has 0 bridgehead atoms. The molecular formula is C11H14O2S. The molecule has 2 nitrogen and oxygen atoms in total. The molecule has 0 spiro atoms. The Hall–Kier alpha value is -1.09. The van der Waals surface area contributed by atoms with Crippen LogP contribution in [0, 0.1) is 6.92 Å². The smallest absolute Gasteiger partial charge is 0.169 e. The van der Waals surface area contributed by atoms with Gasteiger partial charge in [-0.05, 0) is 25.0 Å². The summed E-state index contributed by atoms with van der Waals surface area (Å²) in [5.74, 6) is 0. The van der Waals surface area contributed by atoms with E-state index >= 15 is 0 Å². The zero-order valence-electron chi connectivity index (χ0n) is 8.61. The van der Waals surface area contributed by atoms with Gasteiger partial charge in [-0.15, -0.1) is 0 Å². The number of hydrogen-bond acceptors (Lipinski definition) is 2. The normalized spacial score (nSPS) is 12.9. The molecule has 0 aliphatic rings. The summed E-state index contributed by atoms with van der Waals surface area (Å²) in [6.45, 7) is 3.80. The van der Waals surface area contributed by atoms with E-state index in [1.807, 2.05) is 31.2 Å². The van der Waals surface area contributed by atoms with Crippen LogP contribution in [-0.4, -0.2) is 14.7 Å². The van der Waals surface area contributed by atoms with Crippen molar-refractivity contribution in [3.8, 4) is 0 Å². The predicted molar refractivity (Wildman–Crippen MR) is 59.7 cm³/mol. The summed E-state index contributed by atoms with van der Waals surface area (Å²) < 4.78 is 22.0. The first-order valence-corrected chi connectivity index (χ1v) is 6.29. The fraction of sp³-hybridized carbons (Fsp3) is 0.273. The Morgan fingerprint density at radius 2 is 1.71 bits per heavy atom. The number of aryl methyl sites for hydroxylation is 1. The van der Waals surface area contributed by atoms with Crippen molar-refractivity contribution >= 4 is 15.4 Å². The van der Waals surface area contributed by atoms with E-state index < -0.39 is 9.84 Å². The average Bonchev–Trinajstić information content (AvgIpc) is 2.02. The first kappa shape index (κ1) is 11.0. The quantitative estimate of drug-likeness (QED) is 0.751. The van der Waals surface area contributed by atoms with Gasteiger partial charge in [0.1, 0.15) is 0 Å². The minimum absolute atomic E-state index is 0.771. The summed E-state index contributed by atoms with van der Waals surface area (Å²) in [5.41, 5.74) is 2.88. The Bertz CT molecular complexity index is 439. The highest BCUT2D eigenvalue weighted by Gasteiger charge is 2.00. The second-order valence-corrected chi connectivity index (χ2v) is 5.39. The Balaban J connectivity index is 3.07. The lowest BCUT2D eigenvalue weighted by Gasteiger charge is -2.01. The molecule has 0 heterocycles. The average molecular weight is 210 g/mol. The molecule has 1 aromatic rings. The van der Waals surface area contributed by atoms with E-state index in [-0.39, 0.29) is 0 Å². The van der Waals surface area contributed by atoms with E-state index in [2.05, 4.69) is 0 Å². The molecule has 3 heteroatoms. The van der Waals surface area contributed by atoms with Gasteiger partial charge in [-0.25, -0.2) is 8.42 Å². The maximum absolute atomic E-state index is 11.0. The summed E-state index contributed by atoms with van der Waals surface area (Å²) in [4.78, 5) is 0. The molecule has 0 fully saturated rings. The highest BCUT2D eigenvalue weighted by atomic mass is 32.2. The summed E-state index contributed by atoms with van der Waals surface area (Å²) in [6, 6.07) is 7.78. The molecular weight excluding hydrogens is 196 g/mol. The van der Waals surface area contributed by atoms with Gasteiger partial charge in [0.05, 0.1) is 0 Å². The fourth-order valence-electron chi connectivity index (χ4n) is 1.21. The molecule has 0 atom stereocenters. The molecule has 14 heavy (non-hydrogen) atoms. The summed E-state index contributed by atoms with van der Waals surface area (Å²) in [6.07, 6.45) is 1.20. The van der Waals surface area contributed by atoms with E-state index in [1.165, 1.54) is 17.2 Å². The summed E-state index contributed by atoms with van der Waals surface area (Å²) in [7, 11) is -3.04. The van der Waals surface area contributed by atoms with Gasteiger partial charge in [0.15, 0.2) is 9.84 Å². The minimum atomic E-state index is -3.04. The minimum Gasteiger partial charge on any atom is -0.225 e. The van der Waals surface area contributed by atoms with Crippen LogP contribution < -0.4 is 0 Å². The molecule has 0 amide bonds. The second kappa shape index (κ2) is 3.96. The molecule has 0 saturated heterocycles. The van der Waals surface area contributed by atoms with E-state index in [4.69, 9.17) is 0 Å². The molecule has 1 aromatic carbocycles. The van der Waals surface area contributed by atoms with E-state index in [0.717, 1.165) is 11.1 Å². The lowest BCUT2D eigenvalue weighted by atomic mass is 10.1. The molecule has 0 saturated carbocycles. The van der Waals surface area contributed by atoms with Crippen LogP contribution in [-0.2, 0) is 9.84 Å². The number of benzene rings is 1. The maximum Gasteiger partial charge on any atom is 0.169 e. The van der Waals surface area contributed by atoms with Crippen molar-refractivity contribution in [2.75, 3.05) is 6.26 Å². The third kappa shape index (κ3) is 3.34. The first-order chi connectivity index (χ1) is 6.38. The van der Waals surface area contributed by atoms with Crippen molar-refractivity contribution in [3.63, 3.8) is 0 Å². The largest absolute Gasteiger partial charge is 0.225 e. The van der Waals surface area contributed by atoms with Gasteiger partial charge in [-0.1, -0.05) is 29.8 Å². The first-order valence-electron chi connectivity index (χ1n) is 4.34. The number of allylic oxidation sites excluding steroid dienone is 1. The second-order valence-electron chi connectivity index (χ2n) is 3.50. The molecule has 1 rings (SSSR count). The predicted octanol–water partition coefficient (Wildman–Crippen LogP) is 2.40. The van der Waals surface area contributed by atoms with Crippen molar-refractivity contribution in [1.29, 1.82) is 0 Å². The van der Waals surface area contributed by atoms with E-state index in [1.54, 1.807) is 6.92 Å². The van der Waals surface area contributed by atoms with Gasteiger partial charge in [0.25, 0.3) is 0 Å². The van der Waals surface area contributed by atoms with Gasteiger partial charge in [0.2, 0.25) is 0 Å². The highest BCUT2D eigenvalue weighted by Crippen LogP contribution is 2.15. The number of hydrogen-bond donors (Lipinski definition) is 0. The lowest BCUT2D eigenvalue weighted by Crippen LogP contribution is -1.91. The zero-order chi connectivity index (χ0) is 10.8. The SMILES string of the molecule is C/C(=C/S(C)(=O)=O)c1ccc(C)cc1. The number of rotatable bonds is 2. The molecule has 0 aliphatic heterocycles. The third-order valence-corrected chi connectivity index (χ3v) is 2.68. The van der Waals surface area contributed by atoms with Crippen LogP contribution in [0.2, 0.25) is 0 Å². The van der Waals surface area contributed by atoms with Crippen LogP contribution >= 0.6 is 0 Å². The van der Waals surface area contributed by atoms with Crippen LogP contribution in [0.5, 0.6) is 0 Å². The van der Waals surface area contributed by atoms with Crippen molar-refractivity contribution < 1.29 is 8.42 Å². The third-order valence-electron chi connectivity index (χ3n) is 1.90. The Labute approximate surface area is 85.2 Å². The fourth-order valence-corrected chi connectivity index (χ4v) is 1.98. The lowest BCUT2D eigenvalue weighted by molar-refractivity contribution is 0.610. The van der Waals surface area contributed by atoms with Gasteiger partial charge in [-0.2, -0.15) is 0 Å². The monoisotopic (exact) mass is 210 g/mol. The van der Waals surface area contributed by atoms with Gasteiger partial charge in [-0.3, -0.25) is 0 Å². The van der Waals surface area contributed by atoms with Crippen molar-refractivity contribution in [3.05, 3.63) is 40.8 Å². The van der Waals surface area contributed by atoms with Gasteiger partial charge in [0, 0.05) is 11.7 Å². The standard InChI is InChI=1S/C11H14O2S/c1-9-4-6-11(7-5-9)10(2)8-14(3,12)13/h4-8H,1-3H3/b10-8-. The zero-order valence-corrected chi connectivity index (χ0v) is 9.43. The van der Waals surface area contributed by atoms with Crippen LogP contribution in [0.1, 0.15) is 18.1 Å². The highest BCUT2D eigenvalue weighted by molar-refractivity contribution is 7.93. The van der Waals surface area contributed by atoms with Crippen molar-refractivity contribution in [1.82, 2.24) is 0 Å². The van der Waals surface area contributed by atoms with Crippen molar-refractivity contribution in [2.45, 2.75) is 13.8 Å². The van der Waals surface area contributed by atoms with Crippen molar-refractivity contribution in [2.24, 2.45) is 0 Å². The number of sulfone groups is 1. The molecule has 76 valence electrons. The van der Waals surface area contributed by atoms with Crippen LogP contribution in [0.3, 0.4) is 0 Å². The summed E-state index contributed by atoms with van der Waals surface area (Å²) in [5, 5.41) is 1.29. The van der Waals surface area contributed by atoms with Crippen LogP contribution in [0.4, 0.5) is 0 Å². The Morgan fingerprint density at radius 1 is 1.21 bits per heavy atom. The topological polar surface area (TPSA) is 34.1 Å². The molecule has 0 unspecified atom stereocenters.